The van der Waals surface area contributed by atoms with E-state index >= 15 is 0 Å². The van der Waals surface area contributed by atoms with Crippen LogP contribution in [-0.2, 0) is 13.1 Å². The third-order valence-electron chi connectivity index (χ3n) is 3.56. The molecule has 4 heteroatoms. The molecule has 0 fully saturated rings. The van der Waals surface area contributed by atoms with Gasteiger partial charge in [-0.1, -0.05) is 24.3 Å². The summed E-state index contributed by atoms with van der Waals surface area (Å²) in [5.74, 6) is 0. The van der Waals surface area contributed by atoms with Gasteiger partial charge in [-0.15, -0.1) is 0 Å². The van der Waals surface area contributed by atoms with Crippen molar-refractivity contribution in [2.45, 2.75) is 20.0 Å². The molecule has 0 radical (unpaired) electrons. The Balaban J connectivity index is 2.20. The lowest BCUT2D eigenvalue weighted by atomic mass is 10.1. The van der Waals surface area contributed by atoms with E-state index in [9.17, 15) is 4.79 Å². The van der Waals surface area contributed by atoms with E-state index in [2.05, 4.69) is 4.98 Å². The van der Waals surface area contributed by atoms with Crippen LogP contribution in [0.2, 0.25) is 0 Å². The Hall–Kier alpha value is -2.46. The van der Waals surface area contributed by atoms with Crippen molar-refractivity contribution < 1.29 is 0 Å². The van der Waals surface area contributed by atoms with Crippen molar-refractivity contribution >= 4 is 10.9 Å². The summed E-state index contributed by atoms with van der Waals surface area (Å²) in [6.07, 6.45) is 0. The summed E-state index contributed by atoms with van der Waals surface area (Å²) in [5.41, 5.74) is 9.00. The Kier molecular flexibility index (Phi) is 3.54. The van der Waals surface area contributed by atoms with E-state index in [1.54, 1.807) is 4.57 Å². The first-order valence-corrected chi connectivity index (χ1v) is 6.93. The second-order valence-electron chi connectivity index (χ2n) is 5.09. The molecule has 21 heavy (non-hydrogen) atoms. The lowest BCUT2D eigenvalue weighted by Crippen LogP contribution is -2.26. The first kappa shape index (κ1) is 13.5. The molecule has 0 spiro atoms. The molecule has 2 N–H and O–H groups in total. The molecule has 0 bridgehead atoms. The Morgan fingerprint density at radius 3 is 2.71 bits per heavy atom. The fourth-order valence-corrected chi connectivity index (χ4v) is 2.54. The number of benzene rings is 1. The van der Waals surface area contributed by atoms with Crippen molar-refractivity contribution in [1.82, 2.24) is 9.55 Å². The highest BCUT2D eigenvalue weighted by atomic mass is 16.1. The monoisotopic (exact) mass is 279 g/mol. The van der Waals surface area contributed by atoms with E-state index in [-0.39, 0.29) is 12.1 Å². The van der Waals surface area contributed by atoms with Gasteiger partial charge in [0, 0.05) is 17.8 Å². The molecule has 3 aromatic rings. The van der Waals surface area contributed by atoms with Crippen molar-refractivity contribution in [2.75, 3.05) is 0 Å². The SMILES string of the molecule is Cc1cccc(Cn2c(=O)c(CN)cc3ccccc32)n1. The van der Waals surface area contributed by atoms with Gasteiger partial charge in [-0.05, 0) is 36.6 Å². The van der Waals surface area contributed by atoms with Crippen LogP contribution >= 0.6 is 0 Å². The van der Waals surface area contributed by atoms with Crippen molar-refractivity contribution in [2.24, 2.45) is 5.73 Å². The Bertz CT molecular complexity index is 852. The minimum Gasteiger partial charge on any atom is -0.326 e. The van der Waals surface area contributed by atoms with Crippen LogP contribution in [0, 0.1) is 6.92 Å². The number of fused-ring (bicyclic) bond motifs is 1. The molecule has 2 aromatic heterocycles. The summed E-state index contributed by atoms with van der Waals surface area (Å²) in [7, 11) is 0. The molecule has 0 unspecified atom stereocenters. The average Bonchev–Trinajstić information content (AvgIpc) is 2.50. The van der Waals surface area contributed by atoms with Gasteiger partial charge < -0.3 is 10.3 Å². The maximum atomic E-state index is 12.6. The topological polar surface area (TPSA) is 60.9 Å². The molecular formula is C17H17N3O. The molecule has 106 valence electrons. The van der Waals surface area contributed by atoms with Crippen LogP contribution in [0.3, 0.4) is 0 Å². The van der Waals surface area contributed by atoms with Gasteiger partial charge >= 0.3 is 0 Å². The normalized spacial score (nSPS) is 11.0. The minimum absolute atomic E-state index is 0.0421. The van der Waals surface area contributed by atoms with E-state index in [4.69, 9.17) is 5.73 Å². The predicted octanol–water partition coefficient (Wildman–Crippen LogP) is 2.21. The first-order chi connectivity index (χ1) is 10.2. The Morgan fingerprint density at radius 2 is 1.95 bits per heavy atom. The summed E-state index contributed by atoms with van der Waals surface area (Å²) < 4.78 is 1.75. The third kappa shape index (κ3) is 2.58. The van der Waals surface area contributed by atoms with E-state index in [1.165, 1.54) is 0 Å². The molecule has 0 amide bonds. The molecule has 0 aliphatic rings. The fraction of sp³-hybridized carbons (Fsp3) is 0.176. The molecular weight excluding hydrogens is 262 g/mol. The lowest BCUT2D eigenvalue weighted by Gasteiger charge is -2.12. The highest BCUT2D eigenvalue weighted by molar-refractivity contribution is 5.79. The van der Waals surface area contributed by atoms with Crippen LogP contribution in [0.5, 0.6) is 0 Å². The average molecular weight is 279 g/mol. The predicted molar refractivity (Wildman–Crippen MR) is 84.2 cm³/mol. The third-order valence-corrected chi connectivity index (χ3v) is 3.56. The molecule has 0 aliphatic carbocycles. The highest BCUT2D eigenvalue weighted by Gasteiger charge is 2.09. The molecule has 0 saturated carbocycles. The number of para-hydroxylation sites is 1. The smallest absolute Gasteiger partial charge is 0.255 e. The van der Waals surface area contributed by atoms with Crippen LogP contribution in [0.25, 0.3) is 10.9 Å². The van der Waals surface area contributed by atoms with E-state index in [1.807, 2.05) is 55.5 Å². The Morgan fingerprint density at radius 1 is 1.14 bits per heavy atom. The number of aromatic nitrogens is 2. The molecule has 0 aliphatic heterocycles. The number of nitrogens with two attached hydrogens (primary N) is 1. The summed E-state index contributed by atoms with van der Waals surface area (Å²) in [6, 6.07) is 15.5. The number of hydrogen-bond donors (Lipinski definition) is 1. The van der Waals surface area contributed by atoms with Gasteiger partial charge in [-0.3, -0.25) is 9.78 Å². The van der Waals surface area contributed by atoms with Crippen molar-refractivity contribution in [3.05, 3.63) is 75.8 Å². The zero-order valence-corrected chi connectivity index (χ0v) is 11.9. The maximum Gasteiger partial charge on any atom is 0.255 e. The summed E-state index contributed by atoms with van der Waals surface area (Å²) in [6.45, 7) is 2.64. The van der Waals surface area contributed by atoms with Crippen molar-refractivity contribution in [3.63, 3.8) is 0 Å². The second-order valence-corrected chi connectivity index (χ2v) is 5.09. The molecule has 1 aromatic carbocycles. The number of aryl methyl sites for hydroxylation is 1. The zero-order valence-electron chi connectivity index (χ0n) is 11.9. The van der Waals surface area contributed by atoms with E-state index in [0.29, 0.717) is 12.1 Å². The summed E-state index contributed by atoms with van der Waals surface area (Å²) >= 11 is 0. The summed E-state index contributed by atoms with van der Waals surface area (Å²) in [4.78, 5) is 17.0. The zero-order chi connectivity index (χ0) is 14.8. The number of hydrogen-bond acceptors (Lipinski definition) is 3. The number of rotatable bonds is 3. The quantitative estimate of drug-likeness (QED) is 0.799. The Labute approximate surface area is 122 Å². The highest BCUT2D eigenvalue weighted by Crippen LogP contribution is 2.14. The van der Waals surface area contributed by atoms with Gasteiger partial charge in [0.1, 0.15) is 0 Å². The number of pyridine rings is 2. The largest absolute Gasteiger partial charge is 0.326 e. The van der Waals surface area contributed by atoms with Gasteiger partial charge in [0.25, 0.3) is 5.56 Å². The van der Waals surface area contributed by atoms with Crippen LogP contribution in [0.4, 0.5) is 0 Å². The van der Waals surface area contributed by atoms with Crippen LogP contribution in [0.15, 0.2) is 53.3 Å². The molecule has 4 nitrogen and oxygen atoms in total. The van der Waals surface area contributed by atoms with Gasteiger partial charge in [-0.2, -0.15) is 0 Å². The van der Waals surface area contributed by atoms with Gasteiger partial charge in [0.05, 0.1) is 17.8 Å². The number of nitrogens with zero attached hydrogens (tertiary/aromatic N) is 2. The summed E-state index contributed by atoms with van der Waals surface area (Å²) in [5, 5.41) is 1.02. The van der Waals surface area contributed by atoms with Gasteiger partial charge in [0.15, 0.2) is 0 Å². The molecule has 0 saturated heterocycles. The van der Waals surface area contributed by atoms with E-state index < -0.39 is 0 Å². The second kappa shape index (κ2) is 5.50. The molecule has 3 rings (SSSR count). The van der Waals surface area contributed by atoms with Gasteiger partial charge in [-0.25, -0.2) is 0 Å². The van der Waals surface area contributed by atoms with Crippen LogP contribution in [-0.4, -0.2) is 9.55 Å². The molecule has 0 atom stereocenters. The minimum atomic E-state index is -0.0421. The fourth-order valence-electron chi connectivity index (χ4n) is 2.54. The van der Waals surface area contributed by atoms with E-state index in [0.717, 1.165) is 22.3 Å². The van der Waals surface area contributed by atoms with Crippen molar-refractivity contribution in [3.8, 4) is 0 Å². The van der Waals surface area contributed by atoms with Crippen LogP contribution < -0.4 is 11.3 Å². The molecule has 2 heterocycles. The first-order valence-electron chi connectivity index (χ1n) is 6.93. The van der Waals surface area contributed by atoms with Crippen LogP contribution in [0.1, 0.15) is 17.0 Å². The lowest BCUT2D eigenvalue weighted by molar-refractivity contribution is 0.754. The van der Waals surface area contributed by atoms with Crippen molar-refractivity contribution in [1.29, 1.82) is 0 Å². The van der Waals surface area contributed by atoms with Gasteiger partial charge in [0.2, 0.25) is 0 Å². The standard InChI is InChI=1S/C17H17N3O/c1-12-5-4-7-15(19-12)11-20-16-8-3-2-6-13(16)9-14(10-18)17(20)21/h2-9H,10-11,18H2,1H3. The maximum absolute atomic E-state index is 12.6.